The Bertz CT molecular complexity index is 825. The lowest BCUT2D eigenvalue weighted by Gasteiger charge is -2.34. The first kappa shape index (κ1) is 14.6. The first-order valence-corrected chi connectivity index (χ1v) is 7.99. The van der Waals surface area contributed by atoms with Crippen molar-refractivity contribution < 1.29 is 4.79 Å². The standard InChI is InChI=1S/C18H17N5O/c24-17(14-10-13(11-14)12-6-2-1-3-7-12)21-18-20-16(22-23-18)15-8-4-5-9-19-15/h1-9,13-14H,10-11H2,(H2,20,21,22,23,24). The van der Waals surface area contributed by atoms with Gasteiger partial charge in [-0.1, -0.05) is 36.4 Å². The van der Waals surface area contributed by atoms with Crippen molar-refractivity contribution in [1.29, 1.82) is 0 Å². The van der Waals surface area contributed by atoms with Gasteiger partial charge in [0.15, 0.2) is 5.82 Å². The van der Waals surface area contributed by atoms with Crippen molar-refractivity contribution in [3.8, 4) is 11.5 Å². The maximum atomic E-state index is 12.3. The molecule has 0 unspecified atom stereocenters. The first-order chi connectivity index (χ1) is 11.8. The van der Waals surface area contributed by atoms with E-state index in [1.807, 2.05) is 36.4 Å². The molecule has 2 heterocycles. The van der Waals surface area contributed by atoms with E-state index in [9.17, 15) is 4.79 Å². The third-order valence-corrected chi connectivity index (χ3v) is 4.41. The van der Waals surface area contributed by atoms with Gasteiger partial charge < -0.3 is 0 Å². The molecule has 1 aliphatic carbocycles. The van der Waals surface area contributed by atoms with Crippen LogP contribution in [0.3, 0.4) is 0 Å². The van der Waals surface area contributed by atoms with Gasteiger partial charge in [-0.2, -0.15) is 4.98 Å². The van der Waals surface area contributed by atoms with Crippen LogP contribution in [0.4, 0.5) is 5.95 Å². The van der Waals surface area contributed by atoms with E-state index >= 15 is 0 Å². The molecule has 0 bridgehead atoms. The van der Waals surface area contributed by atoms with Crippen molar-refractivity contribution in [1.82, 2.24) is 20.2 Å². The van der Waals surface area contributed by atoms with E-state index in [4.69, 9.17) is 0 Å². The molecule has 1 fully saturated rings. The summed E-state index contributed by atoms with van der Waals surface area (Å²) in [5.74, 6) is 1.31. The Balaban J connectivity index is 1.35. The Labute approximate surface area is 139 Å². The number of rotatable bonds is 4. The summed E-state index contributed by atoms with van der Waals surface area (Å²) in [6.07, 6.45) is 3.43. The van der Waals surface area contributed by atoms with Gasteiger partial charge in [0.05, 0.1) is 0 Å². The van der Waals surface area contributed by atoms with E-state index < -0.39 is 0 Å². The fraction of sp³-hybridized carbons (Fsp3) is 0.222. The van der Waals surface area contributed by atoms with Gasteiger partial charge in [0, 0.05) is 12.1 Å². The van der Waals surface area contributed by atoms with Crippen molar-refractivity contribution in [2.24, 2.45) is 5.92 Å². The molecule has 120 valence electrons. The molecular formula is C18H17N5O. The van der Waals surface area contributed by atoms with E-state index in [0.29, 0.717) is 23.4 Å². The normalized spacial score (nSPS) is 19.5. The molecule has 0 radical (unpaired) electrons. The maximum absolute atomic E-state index is 12.3. The fourth-order valence-electron chi connectivity index (χ4n) is 2.98. The molecule has 3 aromatic rings. The first-order valence-electron chi connectivity index (χ1n) is 7.99. The van der Waals surface area contributed by atoms with Crippen LogP contribution >= 0.6 is 0 Å². The number of H-pyrrole nitrogens is 1. The number of amides is 1. The number of benzene rings is 1. The zero-order chi connectivity index (χ0) is 16.4. The molecule has 0 spiro atoms. The molecular weight excluding hydrogens is 302 g/mol. The summed E-state index contributed by atoms with van der Waals surface area (Å²) in [4.78, 5) is 20.8. The highest BCUT2D eigenvalue weighted by Crippen LogP contribution is 2.41. The number of nitrogens with zero attached hydrogens (tertiary/aromatic N) is 3. The van der Waals surface area contributed by atoms with Gasteiger partial charge in [-0.3, -0.25) is 20.2 Å². The molecule has 0 atom stereocenters. The zero-order valence-electron chi connectivity index (χ0n) is 13.0. The second-order valence-corrected chi connectivity index (χ2v) is 5.99. The number of carbonyl (C=O) groups is 1. The van der Waals surface area contributed by atoms with E-state index in [1.54, 1.807) is 6.20 Å². The average molecular weight is 319 g/mol. The van der Waals surface area contributed by atoms with Crippen LogP contribution < -0.4 is 5.32 Å². The summed E-state index contributed by atoms with van der Waals surface area (Å²) in [7, 11) is 0. The highest BCUT2D eigenvalue weighted by atomic mass is 16.2. The third-order valence-electron chi connectivity index (χ3n) is 4.41. The monoisotopic (exact) mass is 319 g/mol. The fourth-order valence-corrected chi connectivity index (χ4v) is 2.98. The lowest BCUT2D eigenvalue weighted by atomic mass is 9.71. The van der Waals surface area contributed by atoms with Crippen LogP contribution in [-0.2, 0) is 4.79 Å². The number of pyridine rings is 1. The average Bonchev–Trinajstić information content (AvgIpc) is 3.04. The Hall–Kier alpha value is -3.02. The summed E-state index contributed by atoms with van der Waals surface area (Å²) in [6.45, 7) is 0. The summed E-state index contributed by atoms with van der Waals surface area (Å²) >= 11 is 0. The van der Waals surface area contributed by atoms with Gasteiger partial charge in [0.1, 0.15) is 5.69 Å². The van der Waals surface area contributed by atoms with Gasteiger partial charge in [-0.05, 0) is 36.5 Å². The molecule has 6 nitrogen and oxygen atoms in total. The number of anilines is 1. The zero-order valence-corrected chi connectivity index (χ0v) is 13.0. The van der Waals surface area contributed by atoms with Crippen molar-refractivity contribution >= 4 is 11.9 Å². The highest BCUT2D eigenvalue weighted by Gasteiger charge is 2.35. The van der Waals surface area contributed by atoms with Gasteiger partial charge in [-0.25, -0.2) is 0 Å². The van der Waals surface area contributed by atoms with Gasteiger partial charge in [0.2, 0.25) is 11.9 Å². The van der Waals surface area contributed by atoms with Gasteiger partial charge in [-0.15, -0.1) is 5.10 Å². The molecule has 24 heavy (non-hydrogen) atoms. The molecule has 1 aromatic carbocycles. The smallest absolute Gasteiger partial charge is 0.249 e. The Morgan fingerprint density at radius 1 is 1.08 bits per heavy atom. The van der Waals surface area contributed by atoms with Crippen LogP contribution in [0.1, 0.15) is 24.3 Å². The number of aromatic nitrogens is 4. The van der Waals surface area contributed by atoms with Crippen LogP contribution in [0.15, 0.2) is 54.7 Å². The quantitative estimate of drug-likeness (QED) is 0.774. The molecule has 1 saturated carbocycles. The van der Waals surface area contributed by atoms with E-state index in [2.05, 4.69) is 37.6 Å². The van der Waals surface area contributed by atoms with E-state index in [-0.39, 0.29) is 11.8 Å². The minimum Gasteiger partial charge on any atom is -0.293 e. The topological polar surface area (TPSA) is 83.6 Å². The molecule has 0 saturated heterocycles. The number of hydrogen-bond donors (Lipinski definition) is 2. The van der Waals surface area contributed by atoms with Crippen molar-refractivity contribution in [2.75, 3.05) is 5.32 Å². The summed E-state index contributed by atoms with van der Waals surface area (Å²) < 4.78 is 0. The van der Waals surface area contributed by atoms with Crippen LogP contribution in [0.2, 0.25) is 0 Å². The predicted octanol–water partition coefficient (Wildman–Crippen LogP) is 3.00. The minimum absolute atomic E-state index is 0.0197. The number of nitrogens with one attached hydrogen (secondary N) is 2. The largest absolute Gasteiger partial charge is 0.293 e. The number of hydrogen-bond acceptors (Lipinski definition) is 4. The summed E-state index contributed by atoms with van der Waals surface area (Å²) in [6, 6.07) is 15.9. The Kier molecular flexibility index (Phi) is 3.78. The lowest BCUT2D eigenvalue weighted by Crippen LogP contribution is -2.33. The predicted molar refractivity (Wildman–Crippen MR) is 90.2 cm³/mol. The molecule has 2 N–H and O–H groups in total. The van der Waals surface area contributed by atoms with Crippen molar-refractivity contribution in [3.05, 3.63) is 60.3 Å². The number of carbonyl (C=O) groups excluding carboxylic acids is 1. The minimum atomic E-state index is -0.0197. The summed E-state index contributed by atoms with van der Waals surface area (Å²) in [5, 5.41) is 9.63. The second kappa shape index (κ2) is 6.23. The second-order valence-electron chi connectivity index (χ2n) is 5.99. The van der Waals surface area contributed by atoms with E-state index in [0.717, 1.165) is 12.8 Å². The third kappa shape index (κ3) is 2.90. The van der Waals surface area contributed by atoms with Gasteiger partial charge in [0.25, 0.3) is 0 Å². The molecule has 6 heteroatoms. The molecule has 1 amide bonds. The van der Waals surface area contributed by atoms with Crippen LogP contribution in [-0.4, -0.2) is 26.1 Å². The number of aromatic amines is 1. The van der Waals surface area contributed by atoms with E-state index in [1.165, 1.54) is 5.56 Å². The highest BCUT2D eigenvalue weighted by molar-refractivity contribution is 5.91. The molecule has 2 aromatic heterocycles. The Morgan fingerprint density at radius 3 is 2.62 bits per heavy atom. The maximum Gasteiger partial charge on any atom is 0.249 e. The molecule has 1 aliphatic rings. The van der Waals surface area contributed by atoms with Crippen LogP contribution in [0, 0.1) is 5.92 Å². The van der Waals surface area contributed by atoms with Crippen molar-refractivity contribution in [2.45, 2.75) is 18.8 Å². The molecule has 4 rings (SSSR count). The SMILES string of the molecule is O=C(Nc1n[nH]c(-c2ccccn2)n1)C1CC(c2ccccc2)C1. The molecule has 0 aliphatic heterocycles. The van der Waals surface area contributed by atoms with Crippen molar-refractivity contribution in [3.63, 3.8) is 0 Å². The van der Waals surface area contributed by atoms with Crippen LogP contribution in [0.25, 0.3) is 11.5 Å². The lowest BCUT2D eigenvalue weighted by molar-refractivity contribution is -0.122. The Morgan fingerprint density at radius 2 is 1.88 bits per heavy atom. The van der Waals surface area contributed by atoms with Gasteiger partial charge >= 0.3 is 0 Å². The van der Waals surface area contributed by atoms with Crippen LogP contribution in [0.5, 0.6) is 0 Å². The summed E-state index contributed by atoms with van der Waals surface area (Å²) in [5.41, 5.74) is 2.00.